The van der Waals surface area contributed by atoms with Crippen LogP contribution in [-0.2, 0) is 0 Å². The van der Waals surface area contributed by atoms with Crippen molar-refractivity contribution in [2.45, 2.75) is 9.92 Å². The van der Waals surface area contributed by atoms with Gasteiger partial charge in [0.05, 0.1) is 11.3 Å². The SMILES string of the molecule is N/C=N\c1cc(Sc2ccc([N+](=O)[O-])c3nonc23)nc(N)n1. The average Bonchev–Trinajstić information content (AvgIpc) is 2.96. The van der Waals surface area contributed by atoms with E-state index in [9.17, 15) is 10.1 Å². The lowest BCUT2D eigenvalue weighted by Crippen LogP contribution is -1.97. The van der Waals surface area contributed by atoms with E-state index in [1.54, 1.807) is 6.07 Å². The van der Waals surface area contributed by atoms with E-state index in [4.69, 9.17) is 11.5 Å². The number of nitrogens with two attached hydrogens (primary N) is 2. The van der Waals surface area contributed by atoms with Crippen LogP contribution in [0.2, 0.25) is 0 Å². The Morgan fingerprint density at radius 1 is 1.30 bits per heavy atom. The number of nitrogen functional groups attached to an aromatic ring is 1. The highest BCUT2D eigenvalue weighted by molar-refractivity contribution is 7.99. The first kappa shape index (κ1) is 14.6. The molecule has 0 spiro atoms. The molecule has 23 heavy (non-hydrogen) atoms. The standard InChI is InChI=1S/C11H8N8O3S/c12-4-14-7-3-8(16-11(13)15-7)23-6-2-1-5(19(20)21)9-10(6)18-22-17-9/h1-4H,(H4,12,13,14,15,16). The molecule has 0 unspecified atom stereocenters. The summed E-state index contributed by atoms with van der Waals surface area (Å²) in [4.78, 5) is 22.8. The minimum absolute atomic E-state index is 0.0204. The number of nitro benzene ring substituents is 1. The maximum Gasteiger partial charge on any atom is 0.300 e. The van der Waals surface area contributed by atoms with E-state index in [2.05, 4.69) is 29.9 Å². The smallest absolute Gasteiger partial charge is 0.300 e. The summed E-state index contributed by atoms with van der Waals surface area (Å²) >= 11 is 1.17. The van der Waals surface area contributed by atoms with Gasteiger partial charge in [0.15, 0.2) is 11.3 Å². The molecule has 2 aromatic heterocycles. The number of aliphatic imine (C=N–C) groups is 1. The number of fused-ring (bicyclic) bond motifs is 1. The predicted octanol–water partition coefficient (Wildman–Crippen LogP) is 1.27. The van der Waals surface area contributed by atoms with Gasteiger partial charge in [-0.05, 0) is 16.4 Å². The lowest BCUT2D eigenvalue weighted by atomic mass is 10.3. The van der Waals surface area contributed by atoms with Crippen molar-refractivity contribution >= 4 is 46.6 Å². The number of hydrogen-bond donors (Lipinski definition) is 2. The monoisotopic (exact) mass is 332 g/mol. The zero-order valence-corrected chi connectivity index (χ0v) is 12.1. The highest BCUT2D eigenvalue weighted by Crippen LogP contribution is 2.35. The summed E-state index contributed by atoms with van der Waals surface area (Å²) in [5.41, 5.74) is 11.0. The summed E-state index contributed by atoms with van der Waals surface area (Å²) in [6, 6.07) is 4.41. The molecule has 0 amide bonds. The fraction of sp³-hybridized carbons (Fsp3) is 0. The van der Waals surface area contributed by atoms with Crippen molar-refractivity contribution in [3.63, 3.8) is 0 Å². The van der Waals surface area contributed by atoms with Crippen LogP contribution in [0.3, 0.4) is 0 Å². The van der Waals surface area contributed by atoms with Crippen molar-refractivity contribution in [3.8, 4) is 0 Å². The molecule has 11 nitrogen and oxygen atoms in total. The maximum atomic E-state index is 11.0. The number of nitrogens with zero attached hydrogens (tertiary/aromatic N) is 6. The Balaban J connectivity index is 2.04. The third-order valence-corrected chi connectivity index (χ3v) is 3.65. The van der Waals surface area contributed by atoms with E-state index in [0.717, 1.165) is 6.34 Å². The maximum absolute atomic E-state index is 11.0. The molecule has 0 fully saturated rings. The summed E-state index contributed by atoms with van der Waals surface area (Å²) in [7, 11) is 0. The number of aromatic nitrogens is 4. The minimum atomic E-state index is -0.558. The summed E-state index contributed by atoms with van der Waals surface area (Å²) in [5, 5.41) is 18.7. The summed E-state index contributed by atoms with van der Waals surface area (Å²) in [5.74, 6) is 0.311. The van der Waals surface area contributed by atoms with Crippen molar-refractivity contribution in [1.82, 2.24) is 20.3 Å². The second-order valence-corrected chi connectivity index (χ2v) is 5.17. The van der Waals surface area contributed by atoms with Crippen molar-refractivity contribution < 1.29 is 9.55 Å². The molecule has 0 saturated heterocycles. The van der Waals surface area contributed by atoms with Gasteiger partial charge in [-0.3, -0.25) is 10.1 Å². The van der Waals surface area contributed by atoms with Crippen LogP contribution >= 0.6 is 11.8 Å². The minimum Gasteiger partial charge on any atom is -0.390 e. The number of rotatable bonds is 4. The molecule has 2 heterocycles. The zero-order valence-electron chi connectivity index (χ0n) is 11.3. The largest absolute Gasteiger partial charge is 0.390 e. The fourth-order valence-electron chi connectivity index (χ4n) is 1.80. The van der Waals surface area contributed by atoms with E-state index in [1.807, 2.05) is 0 Å². The van der Waals surface area contributed by atoms with Gasteiger partial charge in [-0.2, -0.15) is 4.98 Å². The Hall–Kier alpha value is -3.28. The molecule has 116 valence electrons. The second kappa shape index (κ2) is 5.84. The van der Waals surface area contributed by atoms with Crippen LogP contribution in [0.1, 0.15) is 0 Å². The van der Waals surface area contributed by atoms with Crippen molar-refractivity contribution in [3.05, 3.63) is 28.3 Å². The van der Waals surface area contributed by atoms with E-state index in [1.165, 1.54) is 23.9 Å². The normalized spacial score (nSPS) is 11.3. The van der Waals surface area contributed by atoms with E-state index >= 15 is 0 Å². The van der Waals surface area contributed by atoms with Crippen LogP contribution in [0.5, 0.6) is 0 Å². The lowest BCUT2D eigenvalue weighted by Gasteiger charge is -2.03. The molecule has 12 heteroatoms. The van der Waals surface area contributed by atoms with Crippen LogP contribution in [-0.4, -0.2) is 31.5 Å². The number of nitro groups is 1. The Morgan fingerprint density at radius 3 is 2.83 bits per heavy atom. The predicted molar refractivity (Wildman–Crippen MR) is 81.4 cm³/mol. The Kier molecular flexibility index (Phi) is 3.72. The number of benzene rings is 1. The van der Waals surface area contributed by atoms with Gasteiger partial charge >= 0.3 is 5.69 Å². The van der Waals surface area contributed by atoms with Crippen LogP contribution in [0.15, 0.2) is 37.7 Å². The first-order valence-corrected chi connectivity index (χ1v) is 6.86. The van der Waals surface area contributed by atoms with Crippen molar-refractivity contribution in [2.75, 3.05) is 5.73 Å². The van der Waals surface area contributed by atoms with Gasteiger partial charge in [0.2, 0.25) is 11.5 Å². The molecule has 0 bridgehead atoms. The van der Waals surface area contributed by atoms with Crippen molar-refractivity contribution in [2.24, 2.45) is 10.7 Å². The van der Waals surface area contributed by atoms with E-state index < -0.39 is 4.92 Å². The number of hydrogen-bond acceptors (Lipinski definition) is 10. The quantitative estimate of drug-likeness (QED) is 0.233. The number of anilines is 1. The summed E-state index contributed by atoms with van der Waals surface area (Å²) < 4.78 is 4.60. The third kappa shape index (κ3) is 2.87. The van der Waals surface area contributed by atoms with Gasteiger partial charge in [-0.25, -0.2) is 14.6 Å². The van der Waals surface area contributed by atoms with Gasteiger partial charge in [0, 0.05) is 17.0 Å². The Labute approximate surface area is 131 Å². The Bertz CT molecular complexity index is 925. The van der Waals surface area contributed by atoms with Gasteiger partial charge < -0.3 is 11.5 Å². The molecule has 0 aliphatic carbocycles. The summed E-state index contributed by atoms with van der Waals surface area (Å²) in [6.45, 7) is 0. The van der Waals surface area contributed by atoms with E-state index in [-0.39, 0.29) is 22.7 Å². The Morgan fingerprint density at radius 2 is 2.09 bits per heavy atom. The summed E-state index contributed by atoms with van der Waals surface area (Å²) in [6.07, 6.45) is 1.09. The first-order chi connectivity index (χ1) is 11.1. The molecule has 3 rings (SSSR count). The molecule has 0 aliphatic heterocycles. The molecule has 4 N–H and O–H groups in total. The molecule has 0 saturated carbocycles. The van der Waals surface area contributed by atoms with Crippen LogP contribution in [0.4, 0.5) is 17.5 Å². The molecule has 3 aromatic rings. The van der Waals surface area contributed by atoms with Crippen LogP contribution < -0.4 is 11.5 Å². The molecular weight excluding hydrogens is 324 g/mol. The van der Waals surface area contributed by atoms with E-state index in [0.29, 0.717) is 15.7 Å². The molecule has 0 radical (unpaired) electrons. The third-order valence-electron chi connectivity index (χ3n) is 2.68. The van der Waals surface area contributed by atoms with Gasteiger partial charge in [-0.1, -0.05) is 11.8 Å². The lowest BCUT2D eigenvalue weighted by molar-refractivity contribution is -0.383. The molecular formula is C11H8N8O3S. The van der Waals surface area contributed by atoms with Crippen LogP contribution in [0.25, 0.3) is 11.0 Å². The van der Waals surface area contributed by atoms with Crippen molar-refractivity contribution in [1.29, 1.82) is 0 Å². The van der Waals surface area contributed by atoms with Crippen LogP contribution in [0, 0.1) is 10.1 Å². The van der Waals surface area contributed by atoms with Gasteiger partial charge in [0.1, 0.15) is 5.03 Å². The fourth-order valence-corrected chi connectivity index (χ4v) is 2.69. The molecule has 0 atom stereocenters. The first-order valence-electron chi connectivity index (χ1n) is 6.05. The number of non-ortho nitro benzene ring substituents is 1. The highest BCUT2D eigenvalue weighted by Gasteiger charge is 2.20. The second-order valence-electron chi connectivity index (χ2n) is 4.10. The zero-order chi connectivity index (χ0) is 16.4. The van der Waals surface area contributed by atoms with Gasteiger partial charge in [0.25, 0.3) is 0 Å². The van der Waals surface area contributed by atoms with Gasteiger partial charge in [-0.15, -0.1) is 0 Å². The molecule has 1 aromatic carbocycles. The highest BCUT2D eigenvalue weighted by atomic mass is 32.2. The topological polar surface area (TPSA) is 172 Å². The molecule has 0 aliphatic rings. The average molecular weight is 332 g/mol.